The molecule has 3 aliphatic rings. The van der Waals surface area contributed by atoms with E-state index in [9.17, 15) is 14.0 Å². The molecule has 3 saturated heterocycles. The van der Waals surface area contributed by atoms with Gasteiger partial charge in [0.15, 0.2) is 5.82 Å². The highest BCUT2D eigenvalue weighted by molar-refractivity contribution is 5.80. The van der Waals surface area contributed by atoms with Crippen molar-refractivity contribution < 1.29 is 23.5 Å². The van der Waals surface area contributed by atoms with E-state index >= 15 is 0 Å². The molecule has 176 valence electrons. The molecule has 11 heteroatoms. The zero-order valence-electron chi connectivity index (χ0n) is 18.4. The fourth-order valence-electron chi connectivity index (χ4n) is 4.84. The molecular formula is C21H31FN6O4. The highest BCUT2D eigenvalue weighted by Crippen LogP contribution is 2.31. The number of nitrogens with zero attached hydrogens (tertiary/aromatic N) is 4. The summed E-state index contributed by atoms with van der Waals surface area (Å²) in [5.41, 5.74) is -0.638. The molecule has 3 fully saturated rings. The predicted molar refractivity (Wildman–Crippen MR) is 114 cm³/mol. The number of morpholine rings is 1. The lowest BCUT2D eigenvalue weighted by molar-refractivity contribution is -0.143. The second kappa shape index (κ2) is 9.95. The van der Waals surface area contributed by atoms with E-state index in [0.717, 1.165) is 25.7 Å². The van der Waals surface area contributed by atoms with Gasteiger partial charge in [-0.1, -0.05) is 0 Å². The van der Waals surface area contributed by atoms with E-state index in [2.05, 4.69) is 20.6 Å². The van der Waals surface area contributed by atoms with Crippen molar-refractivity contribution in [3.05, 3.63) is 18.2 Å². The Morgan fingerprint density at radius 3 is 2.78 bits per heavy atom. The van der Waals surface area contributed by atoms with E-state index in [4.69, 9.17) is 9.47 Å². The van der Waals surface area contributed by atoms with Gasteiger partial charge in [-0.3, -0.25) is 4.79 Å². The van der Waals surface area contributed by atoms with E-state index in [1.807, 2.05) is 11.8 Å². The summed E-state index contributed by atoms with van der Waals surface area (Å²) in [4.78, 5) is 36.8. The molecule has 3 amide bonds. The topological polar surface area (TPSA) is 109 Å². The van der Waals surface area contributed by atoms with E-state index < -0.39 is 11.4 Å². The Morgan fingerprint density at radius 2 is 2.09 bits per heavy atom. The van der Waals surface area contributed by atoms with Gasteiger partial charge < -0.3 is 29.9 Å². The minimum Gasteiger partial charge on any atom is -0.376 e. The normalized spacial score (nSPS) is 26.8. The van der Waals surface area contributed by atoms with Crippen LogP contribution in [-0.4, -0.2) is 90.5 Å². The summed E-state index contributed by atoms with van der Waals surface area (Å²) in [5, 5.41) is 5.98. The summed E-state index contributed by atoms with van der Waals surface area (Å²) in [6.07, 6.45) is 5.42. The zero-order chi connectivity index (χ0) is 22.6. The second-order valence-electron chi connectivity index (χ2n) is 8.57. The fraction of sp³-hybridized carbons (Fsp3) is 0.714. The number of aromatic nitrogens is 2. The number of anilines is 1. The molecule has 4 heterocycles. The van der Waals surface area contributed by atoms with E-state index in [1.54, 1.807) is 4.90 Å². The lowest BCUT2D eigenvalue weighted by atomic mass is 9.81. The molecule has 10 nitrogen and oxygen atoms in total. The molecule has 4 rings (SSSR count). The Morgan fingerprint density at radius 1 is 1.34 bits per heavy atom. The first-order chi connectivity index (χ1) is 15.5. The third-order valence-electron chi connectivity index (χ3n) is 6.43. The number of carbonyl (C=O) groups excluding carboxylic acids is 2. The summed E-state index contributed by atoms with van der Waals surface area (Å²) in [6.45, 7) is 5.15. The smallest absolute Gasteiger partial charge is 0.317 e. The van der Waals surface area contributed by atoms with Crippen molar-refractivity contribution in [2.75, 3.05) is 50.9 Å². The number of hydrogen-bond acceptors (Lipinski definition) is 7. The minimum atomic E-state index is -0.638. The van der Waals surface area contributed by atoms with Crippen LogP contribution in [0.1, 0.15) is 32.6 Å². The number of piperidine rings is 2. The molecule has 0 saturated carbocycles. The molecule has 32 heavy (non-hydrogen) atoms. The molecule has 3 aliphatic heterocycles. The molecule has 0 aromatic carbocycles. The first-order valence-electron chi connectivity index (χ1n) is 11.3. The van der Waals surface area contributed by atoms with Crippen molar-refractivity contribution >= 4 is 17.9 Å². The number of hydrogen-bond donors (Lipinski definition) is 2. The van der Waals surface area contributed by atoms with Crippen LogP contribution < -0.4 is 15.5 Å². The Labute approximate surface area is 186 Å². The Kier molecular flexibility index (Phi) is 7.04. The van der Waals surface area contributed by atoms with Crippen LogP contribution in [0.2, 0.25) is 0 Å². The number of rotatable bonds is 5. The van der Waals surface area contributed by atoms with E-state index in [1.165, 1.54) is 12.4 Å². The quantitative estimate of drug-likeness (QED) is 0.679. The lowest BCUT2D eigenvalue weighted by Crippen LogP contribution is -2.72. The van der Waals surface area contributed by atoms with Gasteiger partial charge in [0.1, 0.15) is 6.61 Å². The molecule has 0 bridgehead atoms. The maximum absolute atomic E-state index is 13.1. The standard InChI is InChI=1S/C21H31FN6O4/c1-2-23-20(30)28-7-3-6-21(14-31-13-18(29)26-21)17(28)12-32-16-4-8-27(9-5-16)19-24-10-15(22)11-25-19/h10-11,16-17H,2-9,12-14H2,1H3,(H,23,30)(H,26,29). The molecule has 1 aromatic heterocycles. The minimum absolute atomic E-state index is 0.0157. The van der Waals surface area contributed by atoms with Crippen molar-refractivity contribution in [1.29, 1.82) is 0 Å². The van der Waals surface area contributed by atoms with Crippen LogP contribution in [0, 0.1) is 5.82 Å². The van der Waals surface area contributed by atoms with Crippen molar-refractivity contribution in [2.45, 2.75) is 50.3 Å². The van der Waals surface area contributed by atoms with Gasteiger partial charge in [-0.05, 0) is 32.6 Å². The second-order valence-corrected chi connectivity index (χ2v) is 8.57. The van der Waals surface area contributed by atoms with Gasteiger partial charge in [0.2, 0.25) is 11.9 Å². The van der Waals surface area contributed by atoms with Crippen LogP contribution in [0.4, 0.5) is 15.1 Å². The van der Waals surface area contributed by atoms with E-state index in [0.29, 0.717) is 45.3 Å². The largest absolute Gasteiger partial charge is 0.376 e. The monoisotopic (exact) mass is 450 g/mol. The molecule has 2 atom stereocenters. The van der Waals surface area contributed by atoms with Crippen LogP contribution >= 0.6 is 0 Å². The highest BCUT2D eigenvalue weighted by atomic mass is 19.1. The third kappa shape index (κ3) is 4.93. The highest BCUT2D eigenvalue weighted by Gasteiger charge is 2.49. The average molecular weight is 451 g/mol. The molecule has 0 aliphatic carbocycles. The molecule has 2 unspecified atom stereocenters. The SMILES string of the molecule is CCNC(=O)N1CCCC2(COCC(=O)N2)C1COC1CCN(c2ncc(F)cn2)CC1. The van der Waals surface area contributed by atoms with Gasteiger partial charge in [-0.15, -0.1) is 0 Å². The number of urea groups is 1. The van der Waals surface area contributed by atoms with Crippen molar-refractivity contribution in [2.24, 2.45) is 0 Å². The number of halogens is 1. The van der Waals surface area contributed by atoms with Gasteiger partial charge >= 0.3 is 6.03 Å². The molecule has 1 spiro atoms. The maximum Gasteiger partial charge on any atom is 0.317 e. The number of amides is 3. The maximum atomic E-state index is 13.1. The van der Waals surface area contributed by atoms with Crippen molar-refractivity contribution in [1.82, 2.24) is 25.5 Å². The Hall–Kier alpha value is -2.53. The predicted octanol–water partition coefficient (Wildman–Crippen LogP) is 0.680. The molecule has 1 aromatic rings. The number of ether oxygens (including phenoxy) is 2. The fourth-order valence-corrected chi connectivity index (χ4v) is 4.84. The van der Waals surface area contributed by atoms with Gasteiger partial charge in [-0.2, -0.15) is 0 Å². The van der Waals surface area contributed by atoms with Crippen LogP contribution in [-0.2, 0) is 14.3 Å². The van der Waals surface area contributed by atoms with Crippen molar-refractivity contribution in [3.8, 4) is 0 Å². The van der Waals surface area contributed by atoms with E-state index in [-0.39, 0.29) is 30.7 Å². The third-order valence-corrected chi connectivity index (χ3v) is 6.43. The molecular weight excluding hydrogens is 419 g/mol. The Balaban J connectivity index is 1.39. The molecule has 0 radical (unpaired) electrons. The van der Waals surface area contributed by atoms with Gasteiger partial charge in [0, 0.05) is 26.2 Å². The summed E-state index contributed by atoms with van der Waals surface area (Å²) < 4.78 is 24.9. The van der Waals surface area contributed by atoms with Gasteiger partial charge in [0.05, 0.1) is 43.3 Å². The summed E-state index contributed by atoms with van der Waals surface area (Å²) in [7, 11) is 0. The first-order valence-corrected chi connectivity index (χ1v) is 11.3. The average Bonchev–Trinajstić information content (AvgIpc) is 2.79. The Bertz CT molecular complexity index is 800. The van der Waals surface area contributed by atoms with Gasteiger partial charge in [0.25, 0.3) is 0 Å². The molecule has 2 N–H and O–H groups in total. The zero-order valence-corrected chi connectivity index (χ0v) is 18.4. The van der Waals surface area contributed by atoms with Crippen LogP contribution in [0.3, 0.4) is 0 Å². The van der Waals surface area contributed by atoms with Crippen LogP contribution in [0.5, 0.6) is 0 Å². The van der Waals surface area contributed by atoms with Crippen LogP contribution in [0.25, 0.3) is 0 Å². The summed E-state index contributed by atoms with van der Waals surface area (Å²) >= 11 is 0. The van der Waals surface area contributed by atoms with Crippen molar-refractivity contribution in [3.63, 3.8) is 0 Å². The number of nitrogens with one attached hydrogen (secondary N) is 2. The summed E-state index contributed by atoms with van der Waals surface area (Å²) in [5.74, 6) is -0.101. The lowest BCUT2D eigenvalue weighted by Gasteiger charge is -2.51. The number of likely N-dealkylation sites (tertiary alicyclic amines) is 1. The summed E-state index contributed by atoms with van der Waals surface area (Å²) in [6, 6.07) is -0.464. The first kappa shape index (κ1) is 22.7. The van der Waals surface area contributed by atoms with Crippen LogP contribution in [0.15, 0.2) is 12.4 Å². The number of carbonyl (C=O) groups is 2. The van der Waals surface area contributed by atoms with Gasteiger partial charge in [-0.25, -0.2) is 19.2 Å².